The molecule has 0 aliphatic rings. The van der Waals surface area contributed by atoms with Crippen LogP contribution in [0.3, 0.4) is 0 Å². The summed E-state index contributed by atoms with van der Waals surface area (Å²) < 4.78 is 6.42. The van der Waals surface area contributed by atoms with E-state index in [4.69, 9.17) is 4.52 Å². The van der Waals surface area contributed by atoms with Gasteiger partial charge in [-0.05, 0) is 12.1 Å². The number of rotatable bonds is 5. The van der Waals surface area contributed by atoms with Gasteiger partial charge >= 0.3 is 0 Å². The number of hydrogen-bond acceptors (Lipinski definition) is 5. The normalized spacial score (nSPS) is 10.9. The van der Waals surface area contributed by atoms with Crippen molar-refractivity contribution in [3.63, 3.8) is 0 Å². The summed E-state index contributed by atoms with van der Waals surface area (Å²) in [6, 6.07) is 19.3. The van der Waals surface area contributed by atoms with Crippen molar-refractivity contribution in [2.24, 2.45) is 0 Å². The molecule has 0 fully saturated rings. The zero-order chi connectivity index (χ0) is 17.1. The van der Waals surface area contributed by atoms with E-state index in [1.807, 2.05) is 48.5 Å². The van der Waals surface area contributed by atoms with Crippen LogP contribution in [0.2, 0.25) is 0 Å². The minimum Gasteiger partial charge on any atom is -0.355 e. The predicted octanol–water partition coefficient (Wildman–Crippen LogP) is 3.92. The Hall–Kier alpha value is -2.99. The third-order valence-corrected chi connectivity index (χ3v) is 4.86. The van der Waals surface area contributed by atoms with Crippen LogP contribution in [0.5, 0.6) is 0 Å². The third-order valence-electron chi connectivity index (χ3n) is 3.76. The maximum atomic E-state index is 12.2. The molecule has 0 unspecified atom stereocenters. The van der Waals surface area contributed by atoms with E-state index in [1.165, 1.54) is 0 Å². The Labute approximate surface area is 148 Å². The fourth-order valence-corrected chi connectivity index (χ4v) is 3.49. The number of benzene rings is 2. The van der Waals surface area contributed by atoms with E-state index >= 15 is 0 Å². The van der Waals surface area contributed by atoms with Crippen molar-refractivity contribution in [1.82, 2.24) is 15.5 Å². The second-order valence-electron chi connectivity index (χ2n) is 5.52. The summed E-state index contributed by atoms with van der Waals surface area (Å²) in [6.07, 6.45) is 0.689. The van der Waals surface area contributed by atoms with Gasteiger partial charge in [-0.25, -0.2) is 4.98 Å². The van der Waals surface area contributed by atoms with Gasteiger partial charge in [0.1, 0.15) is 0 Å². The second-order valence-corrected chi connectivity index (χ2v) is 6.64. The molecule has 0 saturated carbocycles. The molecule has 0 atom stereocenters. The zero-order valence-electron chi connectivity index (χ0n) is 13.3. The van der Waals surface area contributed by atoms with Gasteiger partial charge in [-0.15, -0.1) is 11.3 Å². The highest BCUT2D eigenvalue weighted by Crippen LogP contribution is 2.22. The van der Waals surface area contributed by atoms with Crippen LogP contribution in [0.15, 0.2) is 65.2 Å². The predicted molar refractivity (Wildman–Crippen MR) is 97.6 cm³/mol. The number of aromatic nitrogens is 2. The minimum atomic E-state index is -0.243. The molecule has 6 heteroatoms. The van der Waals surface area contributed by atoms with Gasteiger partial charge < -0.3 is 9.84 Å². The molecule has 1 amide bonds. The smallest absolute Gasteiger partial charge is 0.273 e. The first-order valence-electron chi connectivity index (χ1n) is 7.94. The Morgan fingerprint density at radius 3 is 2.72 bits per heavy atom. The monoisotopic (exact) mass is 349 g/mol. The second kappa shape index (κ2) is 6.86. The lowest BCUT2D eigenvalue weighted by Gasteiger charge is -1.99. The van der Waals surface area contributed by atoms with Gasteiger partial charge in [0.25, 0.3) is 5.91 Å². The molecule has 25 heavy (non-hydrogen) atoms. The van der Waals surface area contributed by atoms with E-state index in [9.17, 15) is 4.79 Å². The van der Waals surface area contributed by atoms with Crippen LogP contribution in [0.25, 0.3) is 21.5 Å². The molecule has 5 nitrogen and oxygen atoms in total. The quantitative estimate of drug-likeness (QED) is 0.593. The number of carbonyl (C=O) groups is 1. The Bertz CT molecular complexity index is 975. The van der Waals surface area contributed by atoms with Crippen LogP contribution in [0.1, 0.15) is 15.5 Å². The third kappa shape index (κ3) is 3.44. The molecule has 4 rings (SSSR count). The number of hydrogen-bond donors (Lipinski definition) is 1. The van der Waals surface area contributed by atoms with Crippen molar-refractivity contribution >= 4 is 27.5 Å². The molecular weight excluding hydrogens is 334 g/mol. The van der Waals surface area contributed by atoms with Gasteiger partial charge in [0.15, 0.2) is 11.5 Å². The van der Waals surface area contributed by atoms with Crippen molar-refractivity contribution in [2.75, 3.05) is 6.54 Å². The fraction of sp³-hybridized carbons (Fsp3) is 0.105. The summed E-state index contributed by atoms with van der Waals surface area (Å²) in [7, 11) is 0. The van der Waals surface area contributed by atoms with Crippen molar-refractivity contribution in [2.45, 2.75) is 6.42 Å². The van der Waals surface area contributed by atoms with Gasteiger partial charge in [0.05, 0.1) is 15.2 Å². The van der Waals surface area contributed by atoms with Crippen LogP contribution in [0, 0.1) is 0 Å². The largest absolute Gasteiger partial charge is 0.355 e. The molecule has 0 bridgehead atoms. The number of amides is 1. The van der Waals surface area contributed by atoms with Gasteiger partial charge in [-0.2, -0.15) is 0 Å². The van der Waals surface area contributed by atoms with Crippen molar-refractivity contribution in [1.29, 1.82) is 0 Å². The van der Waals surface area contributed by atoms with E-state index < -0.39 is 0 Å². The highest BCUT2D eigenvalue weighted by Gasteiger charge is 2.13. The first-order chi connectivity index (χ1) is 12.3. The molecule has 2 heterocycles. The topological polar surface area (TPSA) is 68.0 Å². The highest BCUT2D eigenvalue weighted by molar-refractivity contribution is 7.18. The fourth-order valence-electron chi connectivity index (χ4n) is 2.52. The Balaban J connectivity index is 1.37. The summed E-state index contributed by atoms with van der Waals surface area (Å²) in [4.78, 5) is 16.8. The van der Waals surface area contributed by atoms with Crippen LogP contribution in [-0.2, 0) is 6.42 Å². The van der Waals surface area contributed by atoms with Crippen molar-refractivity contribution in [3.8, 4) is 11.3 Å². The Morgan fingerprint density at radius 1 is 1.08 bits per heavy atom. The number of nitrogens with one attached hydrogen (secondary N) is 1. The number of para-hydroxylation sites is 1. The average Bonchev–Trinajstić information content (AvgIpc) is 3.29. The van der Waals surface area contributed by atoms with Crippen LogP contribution in [-0.4, -0.2) is 22.6 Å². The van der Waals surface area contributed by atoms with Crippen LogP contribution >= 0.6 is 11.3 Å². The van der Waals surface area contributed by atoms with Crippen LogP contribution in [0.4, 0.5) is 0 Å². The van der Waals surface area contributed by atoms with E-state index in [0.29, 0.717) is 18.7 Å². The summed E-state index contributed by atoms with van der Waals surface area (Å²) in [5.41, 5.74) is 2.17. The van der Waals surface area contributed by atoms with E-state index in [-0.39, 0.29) is 11.6 Å². The first-order valence-corrected chi connectivity index (χ1v) is 8.76. The minimum absolute atomic E-state index is 0.243. The maximum absolute atomic E-state index is 12.2. The lowest BCUT2D eigenvalue weighted by Crippen LogP contribution is -2.25. The highest BCUT2D eigenvalue weighted by atomic mass is 32.1. The number of carbonyl (C=O) groups excluding carboxylic acids is 1. The molecule has 124 valence electrons. The van der Waals surface area contributed by atoms with Crippen LogP contribution < -0.4 is 5.32 Å². The van der Waals surface area contributed by atoms with Gasteiger partial charge in [-0.3, -0.25) is 4.79 Å². The first kappa shape index (κ1) is 15.5. The molecule has 0 aliphatic carbocycles. The lowest BCUT2D eigenvalue weighted by atomic mass is 10.1. The molecule has 0 aliphatic heterocycles. The van der Waals surface area contributed by atoms with E-state index in [1.54, 1.807) is 17.4 Å². The molecule has 2 aromatic carbocycles. The average molecular weight is 349 g/mol. The number of fused-ring (bicyclic) bond motifs is 1. The summed E-state index contributed by atoms with van der Waals surface area (Å²) in [5.74, 6) is 0.337. The summed E-state index contributed by atoms with van der Waals surface area (Å²) in [5, 5.41) is 7.72. The molecule has 0 radical (unpaired) electrons. The molecule has 0 spiro atoms. The molecule has 0 saturated heterocycles. The van der Waals surface area contributed by atoms with Gasteiger partial charge in [-0.1, -0.05) is 47.6 Å². The standard InChI is InChI=1S/C19H15N3O2S/c23-19(15-12-16(24-22-15)13-6-2-1-3-7-13)20-11-10-18-21-14-8-4-5-9-17(14)25-18/h1-9,12H,10-11H2,(H,20,23). The lowest BCUT2D eigenvalue weighted by molar-refractivity contribution is 0.0945. The summed E-state index contributed by atoms with van der Waals surface area (Å²) >= 11 is 1.65. The Kier molecular flexibility index (Phi) is 4.26. The molecule has 4 aromatic rings. The van der Waals surface area contributed by atoms with Gasteiger partial charge in [0.2, 0.25) is 0 Å². The number of thiazole rings is 1. The van der Waals surface area contributed by atoms with Crippen molar-refractivity contribution in [3.05, 3.63) is 71.4 Å². The molecular formula is C19H15N3O2S. The Morgan fingerprint density at radius 2 is 1.88 bits per heavy atom. The zero-order valence-corrected chi connectivity index (χ0v) is 14.1. The molecule has 1 N–H and O–H groups in total. The van der Waals surface area contributed by atoms with E-state index in [2.05, 4.69) is 21.5 Å². The van der Waals surface area contributed by atoms with Crippen molar-refractivity contribution < 1.29 is 9.32 Å². The summed E-state index contributed by atoms with van der Waals surface area (Å²) in [6.45, 7) is 0.506. The van der Waals surface area contributed by atoms with Gasteiger partial charge in [0, 0.05) is 24.6 Å². The molecule has 2 aromatic heterocycles. The van der Waals surface area contributed by atoms with E-state index in [0.717, 1.165) is 20.8 Å². The number of nitrogens with zero attached hydrogens (tertiary/aromatic N) is 2. The SMILES string of the molecule is O=C(NCCc1nc2ccccc2s1)c1cc(-c2ccccc2)on1. The maximum Gasteiger partial charge on any atom is 0.273 e.